The molecule has 0 saturated heterocycles. The quantitative estimate of drug-likeness (QED) is 0.183. The van der Waals surface area contributed by atoms with E-state index in [4.69, 9.17) is 65.4 Å². The van der Waals surface area contributed by atoms with Gasteiger partial charge in [0.05, 0.1) is 46.5 Å². The molecule has 0 aliphatic heterocycles. The van der Waals surface area contributed by atoms with Crippen molar-refractivity contribution in [2.75, 3.05) is 39.6 Å². The van der Waals surface area contributed by atoms with Crippen LogP contribution in [0.5, 0.6) is 11.5 Å². The lowest BCUT2D eigenvalue weighted by atomic mass is 9.78. The SMILES string of the molecule is C=CCOCCOc1c(Cl)cc(C(C)(C)c2cc(Cl)c(OCCOCC=C)c(Cl)c2)cc1Cl. The highest BCUT2D eigenvalue weighted by molar-refractivity contribution is 6.38. The molecule has 0 bridgehead atoms. The van der Waals surface area contributed by atoms with Crippen LogP contribution < -0.4 is 9.47 Å². The zero-order valence-corrected chi connectivity index (χ0v) is 21.8. The summed E-state index contributed by atoms with van der Waals surface area (Å²) >= 11 is 26.0. The van der Waals surface area contributed by atoms with Crippen LogP contribution >= 0.6 is 46.4 Å². The molecule has 0 amide bonds. The van der Waals surface area contributed by atoms with Gasteiger partial charge in [-0.05, 0) is 35.4 Å². The van der Waals surface area contributed by atoms with Crippen LogP contribution in [0.4, 0.5) is 0 Å². The second-order valence-electron chi connectivity index (χ2n) is 7.59. The average Bonchev–Trinajstić information content (AvgIpc) is 2.76. The predicted molar refractivity (Wildman–Crippen MR) is 138 cm³/mol. The summed E-state index contributed by atoms with van der Waals surface area (Å²) in [7, 11) is 0. The summed E-state index contributed by atoms with van der Waals surface area (Å²) in [5.41, 5.74) is 1.26. The van der Waals surface area contributed by atoms with Gasteiger partial charge in [0.1, 0.15) is 13.2 Å². The molecule has 0 N–H and O–H groups in total. The lowest BCUT2D eigenvalue weighted by Gasteiger charge is -2.28. The van der Waals surface area contributed by atoms with Crippen molar-refractivity contribution in [3.05, 3.63) is 80.8 Å². The van der Waals surface area contributed by atoms with E-state index >= 15 is 0 Å². The van der Waals surface area contributed by atoms with Crippen molar-refractivity contribution in [3.63, 3.8) is 0 Å². The molecule has 0 aromatic heterocycles. The van der Waals surface area contributed by atoms with Gasteiger partial charge in [0.25, 0.3) is 0 Å². The van der Waals surface area contributed by atoms with Crippen LogP contribution in [0.2, 0.25) is 20.1 Å². The highest BCUT2D eigenvalue weighted by Crippen LogP contribution is 2.43. The van der Waals surface area contributed by atoms with Crippen LogP contribution in [0, 0.1) is 0 Å². The highest BCUT2D eigenvalue weighted by atomic mass is 35.5. The minimum atomic E-state index is -0.502. The number of ether oxygens (including phenoxy) is 4. The number of hydrogen-bond donors (Lipinski definition) is 0. The molecule has 8 heteroatoms. The Hall–Kier alpha value is -1.40. The Labute approximate surface area is 216 Å². The van der Waals surface area contributed by atoms with Crippen LogP contribution in [0.25, 0.3) is 0 Å². The first-order chi connectivity index (χ1) is 15.7. The first-order valence-electron chi connectivity index (χ1n) is 10.3. The third kappa shape index (κ3) is 7.81. The van der Waals surface area contributed by atoms with E-state index in [1.807, 2.05) is 38.1 Å². The second-order valence-corrected chi connectivity index (χ2v) is 9.22. The Morgan fingerprint density at radius 3 is 1.30 bits per heavy atom. The highest BCUT2D eigenvalue weighted by Gasteiger charge is 2.27. The normalized spacial score (nSPS) is 11.3. The van der Waals surface area contributed by atoms with Crippen molar-refractivity contribution in [3.8, 4) is 11.5 Å². The van der Waals surface area contributed by atoms with E-state index in [9.17, 15) is 0 Å². The van der Waals surface area contributed by atoms with E-state index < -0.39 is 5.41 Å². The minimum Gasteiger partial charge on any atom is -0.488 e. The fourth-order valence-electron chi connectivity index (χ4n) is 3.02. The van der Waals surface area contributed by atoms with Gasteiger partial charge in [0.2, 0.25) is 0 Å². The molecular formula is C25H28Cl4O4. The molecule has 0 fully saturated rings. The lowest BCUT2D eigenvalue weighted by Crippen LogP contribution is -2.19. The van der Waals surface area contributed by atoms with Gasteiger partial charge in [-0.1, -0.05) is 72.4 Å². The van der Waals surface area contributed by atoms with E-state index in [1.165, 1.54) is 0 Å². The van der Waals surface area contributed by atoms with Crippen molar-refractivity contribution in [2.24, 2.45) is 0 Å². The first kappa shape index (κ1) is 27.8. The Balaban J connectivity index is 2.19. The van der Waals surface area contributed by atoms with E-state index in [1.54, 1.807) is 12.2 Å². The zero-order chi connectivity index (χ0) is 24.4. The van der Waals surface area contributed by atoms with E-state index in [-0.39, 0.29) is 0 Å². The van der Waals surface area contributed by atoms with Gasteiger partial charge in [-0.15, -0.1) is 13.2 Å². The van der Waals surface area contributed by atoms with Gasteiger partial charge in [-0.3, -0.25) is 0 Å². The fraction of sp³-hybridized carbons (Fsp3) is 0.360. The Bertz CT molecular complexity index is 838. The van der Waals surface area contributed by atoms with Crippen LogP contribution in [0.15, 0.2) is 49.6 Å². The standard InChI is InChI=1S/C25H28Cl4O4/c1-5-7-30-9-11-32-23-19(26)13-17(14-20(23)27)25(3,4)18-15-21(28)24(22(29)16-18)33-12-10-31-8-6-2/h5-6,13-16H,1-2,7-12H2,3-4H3. The minimum absolute atomic E-state index is 0.321. The second kappa shape index (κ2) is 13.5. The molecule has 0 aliphatic rings. The van der Waals surface area contributed by atoms with Crippen LogP contribution in [0.1, 0.15) is 25.0 Å². The van der Waals surface area contributed by atoms with Gasteiger partial charge >= 0.3 is 0 Å². The number of hydrogen-bond acceptors (Lipinski definition) is 4. The molecule has 0 heterocycles. The predicted octanol–water partition coefficient (Wildman–Crippen LogP) is 7.79. The first-order valence-corrected chi connectivity index (χ1v) is 11.9. The summed E-state index contributed by atoms with van der Waals surface area (Å²) in [6.45, 7) is 13.6. The molecule has 180 valence electrons. The summed E-state index contributed by atoms with van der Waals surface area (Å²) in [6, 6.07) is 7.32. The van der Waals surface area contributed by atoms with Gasteiger partial charge in [0, 0.05) is 5.41 Å². The smallest absolute Gasteiger partial charge is 0.156 e. The van der Waals surface area contributed by atoms with Gasteiger partial charge in [-0.25, -0.2) is 0 Å². The van der Waals surface area contributed by atoms with Crippen molar-refractivity contribution in [2.45, 2.75) is 19.3 Å². The lowest BCUT2D eigenvalue weighted by molar-refractivity contribution is 0.121. The largest absolute Gasteiger partial charge is 0.488 e. The Morgan fingerprint density at radius 1 is 0.667 bits per heavy atom. The maximum absolute atomic E-state index is 6.49. The average molecular weight is 534 g/mol. The molecule has 4 nitrogen and oxygen atoms in total. The molecule has 0 atom stereocenters. The third-order valence-electron chi connectivity index (χ3n) is 4.86. The summed E-state index contributed by atoms with van der Waals surface area (Å²) in [5, 5.41) is 1.63. The molecular weight excluding hydrogens is 506 g/mol. The Morgan fingerprint density at radius 2 is 1.00 bits per heavy atom. The number of rotatable bonds is 14. The van der Waals surface area contributed by atoms with Crippen molar-refractivity contribution >= 4 is 46.4 Å². The monoisotopic (exact) mass is 532 g/mol. The maximum atomic E-state index is 6.49. The van der Waals surface area contributed by atoms with Crippen molar-refractivity contribution < 1.29 is 18.9 Å². The Kier molecular flexibility index (Phi) is 11.4. The van der Waals surface area contributed by atoms with E-state index in [0.29, 0.717) is 71.2 Å². The van der Waals surface area contributed by atoms with Crippen molar-refractivity contribution in [1.82, 2.24) is 0 Å². The summed E-state index contributed by atoms with van der Waals surface area (Å²) in [4.78, 5) is 0. The molecule has 0 aliphatic carbocycles. The maximum Gasteiger partial charge on any atom is 0.156 e. The molecule has 2 aromatic rings. The van der Waals surface area contributed by atoms with Crippen LogP contribution in [0.3, 0.4) is 0 Å². The molecule has 33 heavy (non-hydrogen) atoms. The van der Waals surface area contributed by atoms with E-state index in [2.05, 4.69) is 13.2 Å². The third-order valence-corrected chi connectivity index (χ3v) is 5.98. The summed E-state index contributed by atoms with van der Waals surface area (Å²) in [5.74, 6) is 0.831. The van der Waals surface area contributed by atoms with Crippen molar-refractivity contribution in [1.29, 1.82) is 0 Å². The molecule has 0 saturated carbocycles. The summed E-state index contributed by atoms with van der Waals surface area (Å²) in [6.07, 6.45) is 3.35. The summed E-state index contributed by atoms with van der Waals surface area (Å²) < 4.78 is 22.0. The van der Waals surface area contributed by atoms with Gasteiger partial charge in [0.15, 0.2) is 11.5 Å². The molecule has 0 radical (unpaired) electrons. The molecule has 0 unspecified atom stereocenters. The molecule has 2 aromatic carbocycles. The molecule has 0 spiro atoms. The fourth-order valence-corrected chi connectivity index (χ4v) is 4.21. The van der Waals surface area contributed by atoms with Gasteiger partial charge < -0.3 is 18.9 Å². The topological polar surface area (TPSA) is 36.9 Å². The number of benzene rings is 2. The zero-order valence-electron chi connectivity index (χ0n) is 18.8. The van der Waals surface area contributed by atoms with Gasteiger partial charge in [-0.2, -0.15) is 0 Å². The van der Waals surface area contributed by atoms with E-state index in [0.717, 1.165) is 11.1 Å². The number of halogens is 4. The molecule has 2 rings (SSSR count). The van der Waals surface area contributed by atoms with Crippen LogP contribution in [-0.2, 0) is 14.9 Å². The van der Waals surface area contributed by atoms with Crippen LogP contribution in [-0.4, -0.2) is 39.6 Å².